The van der Waals surface area contributed by atoms with Crippen LogP contribution in [0.25, 0.3) is 0 Å². The molecule has 1 fully saturated rings. The fourth-order valence-corrected chi connectivity index (χ4v) is 3.06. The van der Waals surface area contributed by atoms with Crippen molar-refractivity contribution in [3.8, 4) is 0 Å². The molecule has 3 heterocycles. The van der Waals surface area contributed by atoms with E-state index in [0.717, 1.165) is 16.8 Å². The van der Waals surface area contributed by atoms with Gasteiger partial charge in [0, 0.05) is 32.4 Å². The lowest BCUT2D eigenvalue weighted by Gasteiger charge is -2.22. The predicted molar refractivity (Wildman–Crippen MR) is 91.5 cm³/mol. The van der Waals surface area contributed by atoms with E-state index >= 15 is 0 Å². The minimum Gasteiger partial charge on any atom is -0.472 e. The van der Waals surface area contributed by atoms with Crippen LogP contribution in [-0.2, 0) is 17.5 Å². The smallest absolute Gasteiger partial charge is 0.421 e. The summed E-state index contributed by atoms with van der Waals surface area (Å²) in [5.41, 5.74) is -2.15. The Morgan fingerprint density at radius 3 is 2.46 bits per heavy atom. The van der Waals surface area contributed by atoms with E-state index in [1.165, 1.54) is 17.4 Å². The molecule has 1 saturated heterocycles. The lowest BCUT2D eigenvalue weighted by molar-refractivity contribution is -0.139. The summed E-state index contributed by atoms with van der Waals surface area (Å²) in [6.45, 7) is 0.820. The summed E-state index contributed by atoms with van der Waals surface area (Å²) in [7, 11) is 0. The largest absolute Gasteiger partial charge is 0.472 e. The molecule has 150 valence electrons. The maximum absolute atomic E-state index is 12.9. The average molecular weight is 397 g/mol. The van der Waals surface area contributed by atoms with E-state index in [1.807, 2.05) is 0 Å². The predicted octanol–water partition coefficient (Wildman–Crippen LogP) is 1.83. The first kappa shape index (κ1) is 19.7. The van der Waals surface area contributed by atoms with Crippen molar-refractivity contribution >= 4 is 11.8 Å². The number of aromatic nitrogens is 1. The molecule has 10 heteroatoms. The molecule has 28 heavy (non-hydrogen) atoms. The second-order valence-electron chi connectivity index (χ2n) is 6.39. The Labute approximate surface area is 157 Å². The summed E-state index contributed by atoms with van der Waals surface area (Å²) < 4.78 is 44.2. The third-order valence-electron chi connectivity index (χ3n) is 4.54. The lowest BCUT2D eigenvalue weighted by atomic mass is 10.2. The van der Waals surface area contributed by atoms with E-state index in [-0.39, 0.29) is 19.0 Å². The molecule has 0 unspecified atom stereocenters. The second kappa shape index (κ2) is 7.91. The molecule has 0 aliphatic carbocycles. The Kier molecular flexibility index (Phi) is 5.57. The van der Waals surface area contributed by atoms with Crippen LogP contribution in [0.1, 0.15) is 22.3 Å². The highest BCUT2D eigenvalue weighted by Gasteiger charge is 2.34. The van der Waals surface area contributed by atoms with Gasteiger partial charge in [-0.05, 0) is 24.6 Å². The van der Waals surface area contributed by atoms with Gasteiger partial charge < -0.3 is 18.8 Å². The quantitative estimate of drug-likeness (QED) is 0.792. The molecule has 0 atom stereocenters. The van der Waals surface area contributed by atoms with E-state index in [1.54, 1.807) is 11.0 Å². The number of alkyl halides is 3. The van der Waals surface area contributed by atoms with Crippen molar-refractivity contribution in [3.05, 3.63) is 58.4 Å². The van der Waals surface area contributed by atoms with Crippen molar-refractivity contribution in [2.75, 3.05) is 26.2 Å². The molecular weight excluding hydrogens is 379 g/mol. The Morgan fingerprint density at radius 1 is 1.07 bits per heavy atom. The zero-order valence-electron chi connectivity index (χ0n) is 14.8. The summed E-state index contributed by atoms with van der Waals surface area (Å²) in [5.74, 6) is -0.684. The Bertz CT molecular complexity index is 906. The monoisotopic (exact) mass is 397 g/mol. The zero-order valence-corrected chi connectivity index (χ0v) is 14.8. The normalized spacial score (nSPS) is 15.4. The topological polar surface area (TPSA) is 75.8 Å². The van der Waals surface area contributed by atoms with Gasteiger partial charge in [0.05, 0.1) is 11.8 Å². The number of pyridine rings is 1. The fourth-order valence-electron chi connectivity index (χ4n) is 3.06. The number of nitrogens with zero attached hydrogens (tertiary/aromatic N) is 3. The standard InChI is InChI=1S/C18H18F3N3O4/c19-18(20,21)14-3-1-5-24(17(14)27)11-15(25)22-6-2-7-23(9-8-22)16(26)13-4-10-28-12-13/h1,3-5,10,12H,2,6-9,11H2. The molecule has 0 spiro atoms. The van der Waals surface area contributed by atoms with Crippen LogP contribution in [-0.4, -0.2) is 52.4 Å². The molecule has 1 aliphatic rings. The van der Waals surface area contributed by atoms with E-state index in [0.29, 0.717) is 31.1 Å². The Balaban J connectivity index is 1.66. The zero-order chi connectivity index (χ0) is 20.3. The maximum atomic E-state index is 12.9. The number of halogens is 3. The number of amides is 2. The number of furan rings is 1. The van der Waals surface area contributed by atoms with Gasteiger partial charge in [-0.1, -0.05) is 0 Å². The van der Waals surface area contributed by atoms with E-state index in [9.17, 15) is 27.6 Å². The summed E-state index contributed by atoms with van der Waals surface area (Å²) in [6, 6.07) is 3.33. The van der Waals surface area contributed by atoms with Crippen molar-refractivity contribution in [2.45, 2.75) is 19.1 Å². The molecule has 7 nitrogen and oxygen atoms in total. The number of carbonyl (C=O) groups is 2. The van der Waals surface area contributed by atoms with Crippen LogP contribution in [0.5, 0.6) is 0 Å². The minimum atomic E-state index is -4.78. The van der Waals surface area contributed by atoms with Crippen molar-refractivity contribution in [1.29, 1.82) is 0 Å². The number of hydrogen-bond donors (Lipinski definition) is 0. The SMILES string of the molecule is O=C(Cn1cccc(C(F)(F)F)c1=O)N1CCCN(C(=O)c2ccoc2)CC1. The van der Waals surface area contributed by atoms with Gasteiger partial charge in [0.2, 0.25) is 5.91 Å². The summed E-state index contributed by atoms with van der Waals surface area (Å²) in [4.78, 5) is 39.9. The first-order valence-corrected chi connectivity index (χ1v) is 8.63. The van der Waals surface area contributed by atoms with E-state index in [4.69, 9.17) is 4.42 Å². The molecule has 3 rings (SSSR count). The number of hydrogen-bond acceptors (Lipinski definition) is 4. The van der Waals surface area contributed by atoms with Crippen LogP contribution in [0, 0.1) is 0 Å². The van der Waals surface area contributed by atoms with Gasteiger partial charge in [-0.2, -0.15) is 13.2 Å². The molecule has 2 amide bonds. The third kappa shape index (κ3) is 4.26. The molecule has 0 radical (unpaired) electrons. The summed E-state index contributed by atoms with van der Waals surface area (Å²) >= 11 is 0. The average Bonchev–Trinajstić information content (AvgIpc) is 3.06. The minimum absolute atomic E-state index is 0.211. The van der Waals surface area contributed by atoms with Crippen molar-refractivity contribution in [2.24, 2.45) is 0 Å². The van der Waals surface area contributed by atoms with Gasteiger partial charge in [0.1, 0.15) is 18.4 Å². The Hall–Kier alpha value is -3.04. The van der Waals surface area contributed by atoms with Crippen LogP contribution in [0.4, 0.5) is 13.2 Å². The summed E-state index contributed by atoms with van der Waals surface area (Å²) in [5, 5.41) is 0. The van der Waals surface area contributed by atoms with Gasteiger partial charge >= 0.3 is 6.18 Å². The number of carbonyl (C=O) groups excluding carboxylic acids is 2. The molecule has 0 N–H and O–H groups in total. The molecular formula is C18H18F3N3O4. The maximum Gasteiger partial charge on any atom is 0.421 e. The Morgan fingerprint density at radius 2 is 1.79 bits per heavy atom. The highest BCUT2D eigenvalue weighted by atomic mass is 19.4. The van der Waals surface area contributed by atoms with Gasteiger partial charge in [-0.15, -0.1) is 0 Å². The third-order valence-corrected chi connectivity index (χ3v) is 4.54. The van der Waals surface area contributed by atoms with E-state index < -0.39 is 29.8 Å². The second-order valence-corrected chi connectivity index (χ2v) is 6.39. The van der Waals surface area contributed by atoms with Gasteiger partial charge in [0.25, 0.3) is 11.5 Å². The molecule has 0 aromatic carbocycles. The molecule has 0 saturated carbocycles. The lowest BCUT2D eigenvalue weighted by Crippen LogP contribution is -2.40. The van der Waals surface area contributed by atoms with Gasteiger partial charge in [0.15, 0.2) is 0 Å². The van der Waals surface area contributed by atoms with Crippen LogP contribution < -0.4 is 5.56 Å². The van der Waals surface area contributed by atoms with Crippen molar-refractivity contribution < 1.29 is 27.2 Å². The van der Waals surface area contributed by atoms with Crippen LogP contribution in [0.2, 0.25) is 0 Å². The fraction of sp³-hybridized carbons (Fsp3) is 0.389. The molecule has 2 aromatic rings. The highest BCUT2D eigenvalue weighted by molar-refractivity contribution is 5.93. The van der Waals surface area contributed by atoms with Crippen LogP contribution >= 0.6 is 0 Å². The molecule has 1 aliphatic heterocycles. The number of rotatable bonds is 3. The van der Waals surface area contributed by atoms with E-state index in [2.05, 4.69) is 0 Å². The van der Waals surface area contributed by atoms with Crippen molar-refractivity contribution in [3.63, 3.8) is 0 Å². The summed E-state index contributed by atoms with van der Waals surface area (Å²) in [6.07, 6.45) is -0.363. The van der Waals surface area contributed by atoms with Gasteiger partial charge in [-0.25, -0.2) is 0 Å². The molecule has 2 aromatic heterocycles. The molecule has 0 bridgehead atoms. The first-order valence-electron chi connectivity index (χ1n) is 8.63. The van der Waals surface area contributed by atoms with Crippen LogP contribution in [0.3, 0.4) is 0 Å². The van der Waals surface area contributed by atoms with Crippen molar-refractivity contribution in [1.82, 2.24) is 14.4 Å². The van der Waals surface area contributed by atoms with Crippen LogP contribution in [0.15, 0.2) is 46.1 Å². The van der Waals surface area contributed by atoms with Gasteiger partial charge in [-0.3, -0.25) is 14.4 Å². The highest BCUT2D eigenvalue weighted by Crippen LogP contribution is 2.26. The first-order chi connectivity index (χ1) is 13.3.